The second kappa shape index (κ2) is 8.14. The molecule has 1 aromatic carbocycles. The van der Waals surface area contributed by atoms with Crippen LogP contribution in [0.2, 0.25) is 0 Å². The average molecular weight is 407 g/mol. The molecule has 2 aromatic heterocycles. The predicted molar refractivity (Wildman–Crippen MR) is 116 cm³/mol. The first-order valence-corrected chi connectivity index (χ1v) is 10.2. The van der Waals surface area contributed by atoms with Gasteiger partial charge in [-0.05, 0) is 50.3 Å². The van der Waals surface area contributed by atoms with Crippen LogP contribution >= 0.6 is 0 Å². The van der Waals surface area contributed by atoms with E-state index in [9.17, 15) is 14.9 Å². The SMILES string of the molecule is Cc1cc(NC2CCC(NC(=O)c3cc([N+](=O)[O-])cn3C)CC2)nc2ccccc12. The molecule has 0 unspecified atom stereocenters. The molecule has 0 spiro atoms. The summed E-state index contributed by atoms with van der Waals surface area (Å²) < 4.78 is 1.49. The third kappa shape index (κ3) is 4.12. The summed E-state index contributed by atoms with van der Waals surface area (Å²) in [5.41, 5.74) is 2.41. The lowest BCUT2D eigenvalue weighted by atomic mass is 9.91. The molecule has 0 aliphatic heterocycles. The summed E-state index contributed by atoms with van der Waals surface area (Å²) in [6, 6.07) is 11.9. The molecule has 0 bridgehead atoms. The van der Waals surface area contributed by atoms with Crippen LogP contribution in [-0.4, -0.2) is 32.5 Å². The van der Waals surface area contributed by atoms with Gasteiger partial charge >= 0.3 is 0 Å². The van der Waals surface area contributed by atoms with E-state index in [4.69, 9.17) is 4.98 Å². The quantitative estimate of drug-likeness (QED) is 0.493. The van der Waals surface area contributed by atoms with Gasteiger partial charge in [0.25, 0.3) is 11.6 Å². The van der Waals surface area contributed by atoms with Gasteiger partial charge in [0.05, 0.1) is 16.6 Å². The number of hydrogen-bond acceptors (Lipinski definition) is 5. The number of hydrogen-bond donors (Lipinski definition) is 2. The number of pyridine rings is 1. The Morgan fingerprint density at radius 2 is 1.87 bits per heavy atom. The molecule has 1 fully saturated rings. The van der Waals surface area contributed by atoms with Crippen LogP contribution in [0, 0.1) is 17.0 Å². The summed E-state index contributed by atoms with van der Waals surface area (Å²) >= 11 is 0. The van der Waals surface area contributed by atoms with E-state index in [1.165, 1.54) is 22.4 Å². The van der Waals surface area contributed by atoms with Crippen molar-refractivity contribution in [3.05, 3.63) is 64.0 Å². The number of carbonyl (C=O) groups excluding carboxylic acids is 1. The van der Waals surface area contributed by atoms with Crippen LogP contribution in [0.1, 0.15) is 41.7 Å². The fraction of sp³-hybridized carbons (Fsp3) is 0.364. The van der Waals surface area contributed by atoms with E-state index in [1.807, 2.05) is 18.2 Å². The van der Waals surface area contributed by atoms with Gasteiger partial charge in [0.15, 0.2) is 0 Å². The molecule has 8 nitrogen and oxygen atoms in total. The van der Waals surface area contributed by atoms with Gasteiger partial charge in [-0.25, -0.2) is 4.98 Å². The molecule has 1 aliphatic rings. The first-order chi connectivity index (χ1) is 14.4. The number of rotatable bonds is 5. The van der Waals surface area contributed by atoms with Crippen LogP contribution < -0.4 is 10.6 Å². The summed E-state index contributed by atoms with van der Waals surface area (Å²) in [4.78, 5) is 27.7. The minimum Gasteiger partial charge on any atom is -0.367 e. The Balaban J connectivity index is 1.34. The molecule has 0 saturated heterocycles. The molecule has 0 radical (unpaired) electrons. The minimum atomic E-state index is -0.490. The maximum Gasteiger partial charge on any atom is 0.287 e. The van der Waals surface area contributed by atoms with Gasteiger partial charge in [0, 0.05) is 30.6 Å². The van der Waals surface area contributed by atoms with E-state index in [0.29, 0.717) is 11.7 Å². The van der Waals surface area contributed by atoms with E-state index in [1.54, 1.807) is 7.05 Å². The van der Waals surface area contributed by atoms with Crippen molar-refractivity contribution >= 4 is 28.3 Å². The zero-order chi connectivity index (χ0) is 21.3. The first kappa shape index (κ1) is 19.9. The lowest BCUT2D eigenvalue weighted by Gasteiger charge is -2.30. The number of nitrogens with zero attached hydrogens (tertiary/aromatic N) is 3. The van der Waals surface area contributed by atoms with Crippen LogP contribution in [0.3, 0.4) is 0 Å². The van der Waals surface area contributed by atoms with Crippen molar-refractivity contribution in [1.82, 2.24) is 14.9 Å². The monoisotopic (exact) mass is 407 g/mol. The van der Waals surface area contributed by atoms with Crippen LogP contribution in [0.15, 0.2) is 42.6 Å². The van der Waals surface area contributed by atoms with Gasteiger partial charge in [-0.3, -0.25) is 14.9 Å². The van der Waals surface area contributed by atoms with Gasteiger partial charge < -0.3 is 15.2 Å². The molecular formula is C22H25N5O3. The smallest absolute Gasteiger partial charge is 0.287 e. The molecule has 4 rings (SSSR count). The van der Waals surface area contributed by atoms with E-state index in [0.717, 1.165) is 42.4 Å². The van der Waals surface area contributed by atoms with Crippen molar-refractivity contribution in [2.75, 3.05) is 5.32 Å². The number of para-hydroxylation sites is 1. The number of nitro groups is 1. The number of fused-ring (bicyclic) bond motifs is 1. The van der Waals surface area contributed by atoms with Crippen molar-refractivity contribution in [3.63, 3.8) is 0 Å². The standard InChI is InChI=1S/C22H25N5O3/c1-14-11-21(25-19-6-4-3-5-18(14)19)23-15-7-9-16(10-8-15)24-22(28)20-12-17(27(29)30)13-26(20)2/h3-6,11-13,15-16H,7-10H2,1-2H3,(H,23,25)(H,24,28). The summed E-state index contributed by atoms with van der Waals surface area (Å²) in [5.74, 6) is 0.614. The average Bonchev–Trinajstić information content (AvgIpc) is 3.12. The summed E-state index contributed by atoms with van der Waals surface area (Å²) in [5, 5.41) is 18.6. The van der Waals surface area contributed by atoms with Crippen LogP contribution in [0.4, 0.5) is 11.5 Å². The van der Waals surface area contributed by atoms with Gasteiger partial charge in [-0.1, -0.05) is 18.2 Å². The molecular weight excluding hydrogens is 382 g/mol. The minimum absolute atomic E-state index is 0.0656. The molecule has 156 valence electrons. The summed E-state index contributed by atoms with van der Waals surface area (Å²) in [6.07, 6.45) is 4.90. The fourth-order valence-corrected chi connectivity index (χ4v) is 4.15. The van der Waals surface area contributed by atoms with E-state index in [2.05, 4.69) is 29.7 Å². The van der Waals surface area contributed by atoms with Crippen molar-refractivity contribution in [2.24, 2.45) is 7.05 Å². The van der Waals surface area contributed by atoms with Crippen LogP contribution in [-0.2, 0) is 7.05 Å². The fourth-order valence-electron chi connectivity index (χ4n) is 4.15. The van der Waals surface area contributed by atoms with E-state index < -0.39 is 4.92 Å². The number of aromatic nitrogens is 2. The van der Waals surface area contributed by atoms with Crippen molar-refractivity contribution in [3.8, 4) is 0 Å². The maximum absolute atomic E-state index is 12.5. The molecule has 2 heterocycles. The summed E-state index contributed by atoms with van der Waals surface area (Å²) in [7, 11) is 1.64. The Hall–Kier alpha value is -3.42. The lowest BCUT2D eigenvalue weighted by Crippen LogP contribution is -2.40. The number of amides is 1. The highest BCUT2D eigenvalue weighted by molar-refractivity contribution is 5.93. The second-order valence-electron chi connectivity index (χ2n) is 7.96. The zero-order valence-electron chi connectivity index (χ0n) is 17.1. The highest BCUT2D eigenvalue weighted by Crippen LogP contribution is 2.25. The molecule has 30 heavy (non-hydrogen) atoms. The highest BCUT2D eigenvalue weighted by atomic mass is 16.6. The largest absolute Gasteiger partial charge is 0.367 e. The normalized spacial score (nSPS) is 18.9. The van der Waals surface area contributed by atoms with Crippen molar-refractivity contribution < 1.29 is 9.72 Å². The van der Waals surface area contributed by atoms with Gasteiger partial charge in [0.2, 0.25) is 0 Å². The highest BCUT2D eigenvalue weighted by Gasteiger charge is 2.25. The number of anilines is 1. The Morgan fingerprint density at radius 3 is 2.57 bits per heavy atom. The van der Waals surface area contributed by atoms with Gasteiger partial charge in [0.1, 0.15) is 11.5 Å². The number of carbonyl (C=O) groups is 1. The number of aryl methyl sites for hydroxylation is 2. The Labute approximate surface area is 174 Å². The first-order valence-electron chi connectivity index (χ1n) is 10.2. The van der Waals surface area contributed by atoms with Gasteiger partial charge in [-0.15, -0.1) is 0 Å². The van der Waals surface area contributed by atoms with Crippen molar-refractivity contribution in [2.45, 2.75) is 44.7 Å². The Kier molecular flexibility index (Phi) is 5.39. The van der Waals surface area contributed by atoms with Crippen molar-refractivity contribution in [1.29, 1.82) is 0 Å². The molecule has 2 N–H and O–H groups in total. The molecule has 1 aliphatic carbocycles. The van der Waals surface area contributed by atoms with Gasteiger partial charge in [-0.2, -0.15) is 0 Å². The van der Waals surface area contributed by atoms with E-state index in [-0.39, 0.29) is 17.6 Å². The number of nitrogens with one attached hydrogen (secondary N) is 2. The van der Waals surface area contributed by atoms with Crippen LogP contribution in [0.25, 0.3) is 10.9 Å². The van der Waals surface area contributed by atoms with E-state index >= 15 is 0 Å². The third-order valence-electron chi connectivity index (χ3n) is 5.77. The molecule has 8 heteroatoms. The predicted octanol–water partition coefficient (Wildman–Crippen LogP) is 3.94. The summed E-state index contributed by atoms with van der Waals surface area (Å²) in [6.45, 7) is 2.09. The Bertz CT molecular complexity index is 1100. The second-order valence-corrected chi connectivity index (χ2v) is 7.96. The lowest BCUT2D eigenvalue weighted by molar-refractivity contribution is -0.384. The van der Waals surface area contributed by atoms with Crippen LogP contribution in [0.5, 0.6) is 0 Å². The maximum atomic E-state index is 12.5. The molecule has 3 aromatic rings. The number of benzene rings is 1. The third-order valence-corrected chi connectivity index (χ3v) is 5.77. The topological polar surface area (TPSA) is 102 Å². The molecule has 0 atom stereocenters. The molecule has 1 saturated carbocycles. The zero-order valence-corrected chi connectivity index (χ0v) is 17.1. The Morgan fingerprint density at radius 1 is 1.17 bits per heavy atom. The molecule has 1 amide bonds.